The van der Waals surface area contributed by atoms with Gasteiger partial charge in [-0.2, -0.15) is 0 Å². The average molecular weight is 964 g/mol. The smallest absolute Gasteiger partial charge is 0.255 e. The van der Waals surface area contributed by atoms with Crippen molar-refractivity contribution in [3.8, 4) is 0 Å². The zero-order valence-corrected chi connectivity index (χ0v) is 40.2. The summed E-state index contributed by atoms with van der Waals surface area (Å²) < 4.78 is 13.0. The summed E-state index contributed by atoms with van der Waals surface area (Å²) in [7, 11) is 0. The first-order valence-corrected chi connectivity index (χ1v) is 25.3. The van der Waals surface area contributed by atoms with Crippen molar-refractivity contribution >= 4 is 64.1 Å². The number of likely N-dealkylation sites (tertiary alicyclic amines) is 2. The first kappa shape index (κ1) is 49.1. The fourth-order valence-electron chi connectivity index (χ4n) is 8.79. The van der Waals surface area contributed by atoms with E-state index in [1.807, 2.05) is 91.0 Å². The molecule has 3 amide bonds. The second-order valence-corrected chi connectivity index (χ2v) is 19.4. The highest BCUT2D eigenvalue weighted by Gasteiger charge is 2.28. The second-order valence-electron chi connectivity index (χ2n) is 17.2. The number of amides is 3. The van der Waals surface area contributed by atoms with Gasteiger partial charge in [0, 0.05) is 86.7 Å². The van der Waals surface area contributed by atoms with Crippen molar-refractivity contribution in [3.63, 3.8) is 0 Å². The molecule has 10 rings (SSSR count). The lowest BCUT2D eigenvalue weighted by molar-refractivity contribution is 0.0963. The molecule has 3 heterocycles. The zero-order chi connectivity index (χ0) is 48.0. The molecule has 2 fully saturated rings. The third kappa shape index (κ3) is 13.3. The minimum Gasteiger partial charge on any atom is -0.384 e. The zero-order valence-electron chi connectivity index (χ0n) is 38.6. The lowest BCUT2D eigenvalue weighted by atomic mass is 10.1. The highest BCUT2D eigenvalue weighted by Crippen LogP contribution is 2.40. The maximum atomic E-state index is 13.0. The molecule has 356 valence electrons. The van der Waals surface area contributed by atoms with Crippen LogP contribution in [0.4, 0.5) is 21.5 Å². The van der Waals surface area contributed by atoms with Crippen molar-refractivity contribution in [2.45, 2.75) is 64.7 Å². The van der Waals surface area contributed by atoms with E-state index in [0.717, 1.165) is 62.6 Å². The fraction of sp³-hybridized carbons (Fsp3) is 0.273. The molecule has 0 radical (unpaired) electrons. The van der Waals surface area contributed by atoms with Gasteiger partial charge in [-0.15, -0.1) is 0 Å². The van der Waals surface area contributed by atoms with E-state index in [4.69, 9.17) is 5.73 Å². The van der Waals surface area contributed by atoms with Gasteiger partial charge in [0.1, 0.15) is 5.82 Å². The van der Waals surface area contributed by atoms with Gasteiger partial charge in [-0.25, -0.2) is 4.39 Å². The number of anilines is 3. The molecule has 0 bridgehead atoms. The number of halogens is 1. The molecule has 0 aromatic heterocycles. The van der Waals surface area contributed by atoms with Gasteiger partial charge < -0.3 is 36.8 Å². The van der Waals surface area contributed by atoms with Crippen molar-refractivity contribution in [2.75, 3.05) is 68.3 Å². The summed E-state index contributed by atoms with van der Waals surface area (Å²) in [6, 6.07) is 40.3. The molecule has 0 spiro atoms. The Morgan fingerprint density at radius 3 is 1.65 bits per heavy atom. The molecular weight excluding hydrogens is 906 g/mol. The van der Waals surface area contributed by atoms with Crippen LogP contribution in [0.2, 0.25) is 0 Å². The topological polar surface area (TPSA) is 149 Å². The highest BCUT2D eigenvalue weighted by atomic mass is 32.2. The molecule has 4 aliphatic rings. The average Bonchev–Trinajstić information content (AvgIpc) is 4.23. The Bertz CT molecular complexity index is 2710. The summed E-state index contributed by atoms with van der Waals surface area (Å²) in [5.74, 6) is -1.11. The minimum atomic E-state index is -0.408. The third-order valence-electron chi connectivity index (χ3n) is 12.4. The lowest BCUT2D eigenvalue weighted by Gasteiger charge is -2.15. The number of rotatable bonds is 14. The minimum absolute atomic E-state index is 0.0957. The van der Waals surface area contributed by atoms with Crippen LogP contribution in [0.1, 0.15) is 84.7 Å². The number of nitrogens with one attached hydrogen (secondary N) is 4. The number of carbonyl (C=O) groups is 4. The van der Waals surface area contributed by atoms with E-state index in [1.165, 1.54) is 76.1 Å². The summed E-state index contributed by atoms with van der Waals surface area (Å²) in [5, 5.41) is 12.0. The van der Waals surface area contributed by atoms with Crippen molar-refractivity contribution in [1.82, 2.24) is 15.1 Å². The van der Waals surface area contributed by atoms with Gasteiger partial charge in [-0.05, 0) is 161 Å². The number of benzene rings is 6. The summed E-state index contributed by atoms with van der Waals surface area (Å²) in [6.45, 7) is 9.21. The number of ketones is 1. The standard InChI is InChI=1S/C28H29N3O2S.C21H15FN2O2S.C6H14N2/c32-25-14-12-23-26(34-22-6-2-1-3-7-22)15-13-24(27(23)25)30-28(33)20-8-10-21(11-9-20)29-16-19-31-17-4-5-18-31;22-14-8-6-13(7-9-14)20(25)24-17-10-11-18(16-12-23-21(26)19(16)17)27-15-4-2-1-3-5-15;7-3-6-8-4-1-2-5-8/h1-3,6-11,13,15,29H,4-5,12,14,16-19H2,(H,30,33);1-11H,12H2,(H,23,26)(H,24,25);1-7H2. The molecule has 11 nitrogen and oxygen atoms in total. The van der Waals surface area contributed by atoms with Crippen LogP contribution in [-0.2, 0) is 13.0 Å². The Balaban J connectivity index is 0.000000163. The van der Waals surface area contributed by atoms with E-state index in [0.29, 0.717) is 53.0 Å². The predicted octanol–water partition coefficient (Wildman–Crippen LogP) is 10.2. The van der Waals surface area contributed by atoms with Gasteiger partial charge in [-0.3, -0.25) is 19.2 Å². The van der Waals surface area contributed by atoms with Crippen LogP contribution >= 0.6 is 23.5 Å². The first-order chi connectivity index (χ1) is 33.7. The molecule has 6 aromatic rings. The molecule has 2 saturated heterocycles. The SMILES string of the molecule is NCCN1CCCC1.O=C(Nc1ccc(Sc2ccccc2)c2c1C(=O)CC2)c1ccc(NCCN2CCCC2)cc1.O=C(Nc1ccc(Sc2ccccc2)c2c1C(=O)NC2)c1ccc(F)cc1. The molecule has 1 aliphatic carbocycles. The van der Waals surface area contributed by atoms with E-state index in [1.54, 1.807) is 29.6 Å². The van der Waals surface area contributed by atoms with Gasteiger partial charge in [0.15, 0.2) is 5.78 Å². The molecule has 3 aliphatic heterocycles. The molecule has 0 atom stereocenters. The molecule has 69 heavy (non-hydrogen) atoms. The Morgan fingerprint density at radius 2 is 1.10 bits per heavy atom. The van der Waals surface area contributed by atoms with E-state index >= 15 is 0 Å². The monoisotopic (exact) mass is 963 g/mol. The van der Waals surface area contributed by atoms with E-state index in [2.05, 4.69) is 43.2 Å². The molecule has 0 unspecified atom stereocenters. The van der Waals surface area contributed by atoms with Crippen molar-refractivity contribution < 1.29 is 23.6 Å². The van der Waals surface area contributed by atoms with E-state index < -0.39 is 5.82 Å². The van der Waals surface area contributed by atoms with Crippen LogP contribution in [-0.4, -0.2) is 85.7 Å². The number of fused-ring (bicyclic) bond motifs is 2. The maximum absolute atomic E-state index is 13.0. The van der Waals surface area contributed by atoms with Gasteiger partial charge in [-0.1, -0.05) is 59.9 Å². The molecule has 6 N–H and O–H groups in total. The van der Waals surface area contributed by atoms with Crippen LogP contribution in [0.25, 0.3) is 0 Å². The number of Topliss-reactive ketones (excluding diaryl/α,β-unsaturated/α-hetero) is 1. The van der Waals surface area contributed by atoms with Crippen LogP contribution in [0, 0.1) is 5.82 Å². The quantitative estimate of drug-likeness (QED) is 0.0714. The molecule has 0 saturated carbocycles. The predicted molar refractivity (Wildman–Crippen MR) is 275 cm³/mol. The summed E-state index contributed by atoms with van der Waals surface area (Å²) in [4.78, 5) is 59.5. The summed E-state index contributed by atoms with van der Waals surface area (Å²) >= 11 is 3.23. The van der Waals surface area contributed by atoms with Crippen LogP contribution in [0.5, 0.6) is 0 Å². The van der Waals surface area contributed by atoms with Crippen LogP contribution in [0.15, 0.2) is 153 Å². The number of nitrogens with two attached hydrogens (primary N) is 1. The molecule has 6 aromatic carbocycles. The van der Waals surface area contributed by atoms with Gasteiger partial charge in [0.2, 0.25) is 0 Å². The van der Waals surface area contributed by atoms with E-state index in [9.17, 15) is 23.6 Å². The largest absolute Gasteiger partial charge is 0.384 e. The normalized spacial score (nSPS) is 15.0. The number of carbonyl (C=O) groups excluding carboxylic acids is 4. The first-order valence-electron chi connectivity index (χ1n) is 23.7. The van der Waals surface area contributed by atoms with Crippen molar-refractivity contribution in [1.29, 1.82) is 0 Å². The van der Waals surface area contributed by atoms with Gasteiger partial charge >= 0.3 is 0 Å². The Hall–Kier alpha value is -6.29. The van der Waals surface area contributed by atoms with Gasteiger partial charge in [0.25, 0.3) is 17.7 Å². The van der Waals surface area contributed by atoms with Gasteiger partial charge in [0.05, 0.1) is 16.9 Å². The van der Waals surface area contributed by atoms with Crippen molar-refractivity contribution in [2.24, 2.45) is 5.73 Å². The van der Waals surface area contributed by atoms with E-state index in [-0.39, 0.29) is 23.5 Å². The molecule has 14 heteroatoms. The number of nitrogens with zero attached hydrogens (tertiary/aromatic N) is 2. The highest BCUT2D eigenvalue weighted by molar-refractivity contribution is 7.99. The van der Waals surface area contributed by atoms with Crippen LogP contribution < -0.4 is 27.0 Å². The lowest BCUT2D eigenvalue weighted by Crippen LogP contribution is -2.26. The second kappa shape index (κ2) is 24.3. The fourth-order valence-corrected chi connectivity index (χ4v) is 10.8. The number of hydrogen-bond acceptors (Lipinski definition) is 10. The summed E-state index contributed by atoms with van der Waals surface area (Å²) in [6.07, 6.45) is 6.55. The Kier molecular flexibility index (Phi) is 17.3. The van der Waals surface area contributed by atoms with Crippen LogP contribution in [0.3, 0.4) is 0 Å². The Morgan fingerprint density at radius 1 is 0.594 bits per heavy atom. The number of hydrogen-bond donors (Lipinski definition) is 5. The Labute approximate surface area is 412 Å². The summed E-state index contributed by atoms with van der Waals surface area (Å²) in [5.41, 5.74) is 11.4. The molecular formula is C55H58FN7O4S2. The van der Waals surface area contributed by atoms with Crippen molar-refractivity contribution in [3.05, 3.63) is 173 Å². The maximum Gasteiger partial charge on any atom is 0.255 e. The third-order valence-corrected chi connectivity index (χ3v) is 14.6.